The van der Waals surface area contributed by atoms with Crippen molar-refractivity contribution in [2.45, 2.75) is 31.1 Å². The summed E-state index contributed by atoms with van der Waals surface area (Å²) < 4.78 is 33.0. The standard InChI is InChI=1S/C18H25N3O3S2.2ClH/c1-2-3-15-4-6-17(7-5-15)26(22,23)20-18-19-16(14-25-18)8-9-21-10-12-24-13-11-21;;/h4-7,14H,2-3,8-13H2,1H3,(H,19,20);2*1H. The lowest BCUT2D eigenvalue weighted by molar-refractivity contribution is 0.0383. The summed E-state index contributed by atoms with van der Waals surface area (Å²) >= 11 is 1.32. The zero-order valence-electron chi connectivity index (χ0n) is 15.8. The Morgan fingerprint density at radius 3 is 2.46 bits per heavy atom. The quantitative estimate of drug-likeness (QED) is 0.641. The SMILES string of the molecule is CCCc1ccc(S(=O)(=O)Nc2nc(CCN3CCOCC3)cs2)cc1.Cl.Cl. The van der Waals surface area contributed by atoms with Gasteiger partial charge in [-0.1, -0.05) is 25.5 Å². The number of aryl methyl sites for hydroxylation is 1. The van der Waals surface area contributed by atoms with Crippen LogP contribution in [0.4, 0.5) is 5.13 Å². The van der Waals surface area contributed by atoms with Crippen LogP contribution in [0.25, 0.3) is 0 Å². The van der Waals surface area contributed by atoms with Crippen molar-refractivity contribution < 1.29 is 13.2 Å². The Morgan fingerprint density at radius 2 is 1.82 bits per heavy atom. The first-order chi connectivity index (χ1) is 12.6. The molecule has 3 rings (SSSR count). The minimum absolute atomic E-state index is 0. The van der Waals surface area contributed by atoms with Gasteiger partial charge in [-0.15, -0.1) is 36.2 Å². The topological polar surface area (TPSA) is 71.5 Å². The van der Waals surface area contributed by atoms with Crippen molar-refractivity contribution in [2.75, 3.05) is 37.6 Å². The van der Waals surface area contributed by atoms with Gasteiger partial charge in [0.1, 0.15) is 0 Å². The summed E-state index contributed by atoms with van der Waals surface area (Å²) in [4.78, 5) is 7.03. The fourth-order valence-corrected chi connectivity index (χ4v) is 4.86. The summed E-state index contributed by atoms with van der Waals surface area (Å²) in [6.07, 6.45) is 2.80. The Labute approximate surface area is 183 Å². The maximum atomic E-state index is 12.5. The van der Waals surface area contributed by atoms with Crippen molar-refractivity contribution in [2.24, 2.45) is 0 Å². The molecule has 0 unspecified atom stereocenters. The van der Waals surface area contributed by atoms with Crippen LogP contribution in [0.1, 0.15) is 24.6 Å². The third-order valence-electron chi connectivity index (χ3n) is 4.33. The van der Waals surface area contributed by atoms with E-state index in [1.807, 2.05) is 17.5 Å². The summed E-state index contributed by atoms with van der Waals surface area (Å²) in [6, 6.07) is 7.04. The molecule has 0 atom stereocenters. The number of benzene rings is 1. The molecule has 1 aromatic heterocycles. The normalized spacial score (nSPS) is 14.8. The van der Waals surface area contributed by atoms with E-state index < -0.39 is 10.0 Å². The number of thiazole rings is 1. The largest absolute Gasteiger partial charge is 0.379 e. The van der Waals surface area contributed by atoms with E-state index in [2.05, 4.69) is 21.5 Å². The second-order valence-electron chi connectivity index (χ2n) is 6.35. The Morgan fingerprint density at radius 1 is 1.14 bits per heavy atom. The Kier molecular flexibility index (Phi) is 10.7. The predicted octanol–water partition coefficient (Wildman–Crippen LogP) is 3.61. The van der Waals surface area contributed by atoms with Crippen molar-refractivity contribution >= 4 is 51.3 Å². The number of nitrogens with zero attached hydrogens (tertiary/aromatic N) is 2. The molecule has 1 aliphatic rings. The van der Waals surface area contributed by atoms with Crippen LogP contribution in [-0.2, 0) is 27.6 Å². The van der Waals surface area contributed by atoms with Crippen LogP contribution in [0.3, 0.4) is 0 Å². The minimum atomic E-state index is -3.60. The number of hydrogen-bond donors (Lipinski definition) is 1. The Balaban J connectivity index is 0.00000196. The summed E-state index contributed by atoms with van der Waals surface area (Å²) in [6.45, 7) is 6.46. The van der Waals surface area contributed by atoms with Gasteiger partial charge >= 0.3 is 0 Å². The number of halogens is 2. The second-order valence-corrected chi connectivity index (χ2v) is 8.89. The molecule has 0 spiro atoms. The van der Waals surface area contributed by atoms with Gasteiger partial charge in [0, 0.05) is 31.4 Å². The molecule has 28 heavy (non-hydrogen) atoms. The summed E-state index contributed by atoms with van der Waals surface area (Å²) in [7, 11) is -3.60. The zero-order valence-corrected chi connectivity index (χ0v) is 19.1. The fourth-order valence-electron chi connectivity index (χ4n) is 2.86. The van der Waals surface area contributed by atoms with Crippen LogP contribution in [0.15, 0.2) is 34.5 Å². The molecule has 1 fully saturated rings. The number of ether oxygens (including phenoxy) is 1. The van der Waals surface area contributed by atoms with E-state index >= 15 is 0 Å². The molecule has 6 nitrogen and oxygen atoms in total. The molecule has 158 valence electrons. The maximum Gasteiger partial charge on any atom is 0.263 e. The third kappa shape index (κ3) is 7.17. The first-order valence-electron chi connectivity index (χ1n) is 8.93. The van der Waals surface area contributed by atoms with Crippen LogP contribution in [0, 0.1) is 0 Å². The number of anilines is 1. The lowest BCUT2D eigenvalue weighted by atomic mass is 10.1. The molecular weight excluding hydrogens is 441 g/mol. The average molecular weight is 468 g/mol. The second kappa shape index (κ2) is 11.9. The Hall–Kier alpha value is -0.900. The van der Waals surface area contributed by atoms with E-state index in [1.54, 1.807) is 12.1 Å². The highest BCUT2D eigenvalue weighted by atomic mass is 35.5. The van der Waals surface area contributed by atoms with Crippen molar-refractivity contribution in [3.05, 3.63) is 40.9 Å². The fraction of sp³-hybridized carbons (Fsp3) is 0.500. The molecule has 1 saturated heterocycles. The van der Waals surface area contributed by atoms with Gasteiger partial charge in [-0.3, -0.25) is 9.62 Å². The predicted molar refractivity (Wildman–Crippen MR) is 119 cm³/mol. The lowest BCUT2D eigenvalue weighted by Crippen LogP contribution is -2.37. The number of rotatable bonds is 8. The molecule has 0 aliphatic carbocycles. The molecule has 2 heterocycles. The van der Waals surface area contributed by atoms with Crippen molar-refractivity contribution in [1.82, 2.24) is 9.88 Å². The average Bonchev–Trinajstić information content (AvgIpc) is 3.08. The van der Waals surface area contributed by atoms with E-state index in [0.717, 1.165) is 63.4 Å². The molecule has 0 bridgehead atoms. The van der Waals surface area contributed by atoms with Gasteiger partial charge in [-0.05, 0) is 24.1 Å². The number of nitrogens with one attached hydrogen (secondary N) is 1. The zero-order chi connectivity index (χ0) is 18.4. The van der Waals surface area contributed by atoms with E-state index in [9.17, 15) is 8.42 Å². The van der Waals surface area contributed by atoms with Crippen molar-refractivity contribution in [3.63, 3.8) is 0 Å². The molecular formula is C18H27Cl2N3O3S2. The molecule has 1 aliphatic heterocycles. The molecule has 2 aromatic rings. The maximum absolute atomic E-state index is 12.5. The molecule has 0 saturated carbocycles. The van der Waals surface area contributed by atoms with E-state index in [-0.39, 0.29) is 29.7 Å². The van der Waals surface area contributed by atoms with Crippen LogP contribution in [0.2, 0.25) is 0 Å². The highest BCUT2D eigenvalue weighted by Crippen LogP contribution is 2.21. The van der Waals surface area contributed by atoms with Crippen LogP contribution in [-0.4, -0.2) is 51.1 Å². The van der Waals surface area contributed by atoms with Gasteiger partial charge in [0.15, 0.2) is 5.13 Å². The molecule has 1 aromatic carbocycles. The van der Waals surface area contributed by atoms with Crippen LogP contribution < -0.4 is 4.72 Å². The summed E-state index contributed by atoms with van der Waals surface area (Å²) in [5.74, 6) is 0. The number of hydrogen-bond acceptors (Lipinski definition) is 6. The molecule has 1 N–H and O–H groups in total. The van der Waals surface area contributed by atoms with E-state index in [4.69, 9.17) is 4.74 Å². The number of aromatic nitrogens is 1. The first kappa shape index (κ1) is 25.1. The highest BCUT2D eigenvalue weighted by molar-refractivity contribution is 7.93. The van der Waals surface area contributed by atoms with Gasteiger partial charge < -0.3 is 4.74 Å². The molecule has 10 heteroatoms. The van der Waals surface area contributed by atoms with E-state index in [0.29, 0.717) is 5.13 Å². The van der Waals surface area contributed by atoms with E-state index in [1.165, 1.54) is 11.3 Å². The monoisotopic (exact) mass is 467 g/mol. The third-order valence-corrected chi connectivity index (χ3v) is 6.62. The summed E-state index contributed by atoms with van der Waals surface area (Å²) in [5.41, 5.74) is 2.06. The lowest BCUT2D eigenvalue weighted by Gasteiger charge is -2.26. The van der Waals surface area contributed by atoms with Gasteiger partial charge in [-0.2, -0.15) is 0 Å². The minimum Gasteiger partial charge on any atom is -0.379 e. The highest BCUT2D eigenvalue weighted by Gasteiger charge is 2.17. The molecule has 0 amide bonds. The van der Waals surface area contributed by atoms with Crippen LogP contribution in [0.5, 0.6) is 0 Å². The van der Waals surface area contributed by atoms with Crippen molar-refractivity contribution in [1.29, 1.82) is 0 Å². The van der Waals surface area contributed by atoms with Crippen LogP contribution >= 0.6 is 36.2 Å². The molecule has 0 radical (unpaired) electrons. The van der Waals surface area contributed by atoms with Gasteiger partial charge in [0.25, 0.3) is 10.0 Å². The van der Waals surface area contributed by atoms with Gasteiger partial charge in [0.05, 0.1) is 23.8 Å². The smallest absolute Gasteiger partial charge is 0.263 e. The number of sulfonamides is 1. The van der Waals surface area contributed by atoms with Crippen molar-refractivity contribution in [3.8, 4) is 0 Å². The number of morpholine rings is 1. The van der Waals surface area contributed by atoms with Gasteiger partial charge in [0.2, 0.25) is 0 Å². The summed E-state index contributed by atoms with van der Waals surface area (Å²) in [5, 5.41) is 2.34. The first-order valence-corrected chi connectivity index (χ1v) is 11.3. The Bertz CT molecular complexity index is 808. The van der Waals surface area contributed by atoms with Gasteiger partial charge in [-0.25, -0.2) is 13.4 Å².